The van der Waals surface area contributed by atoms with E-state index in [0.717, 1.165) is 17.0 Å². The minimum atomic E-state index is -0.0636. The van der Waals surface area contributed by atoms with E-state index in [1.54, 1.807) is 18.2 Å². The van der Waals surface area contributed by atoms with E-state index >= 15 is 0 Å². The number of hydrogen-bond acceptors (Lipinski definition) is 3. The number of pyridine rings is 1. The number of hydrogen-bond donors (Lipinski definition) is 0. The fourth-order valence-electron chi connectivity index (χ4n) is 1.67. The van der Waals surface area contributed by atoms with Crippen LogP contribution in [-0.4, -0.2) is 10.8 Å². The summed E-state index contributed by atoms with van der Waals surface area (Å²) < 4.78 is 5.68. The SMILES string of the molecule is CCc1cc(Oc2ccc(C(C)=O)nc2)ccc1Cl. The van der Waals surface area contributed by atoms with Crippen LogP contribution in [0.4, 0.5) is 0 Å². The first-order valence-electron chi connectivity index (χ1n) is 6.03. The van der Waals surface area contributed by atoms with Gasteiger partial charge in [0.15, 0.2) is 5.78 Å². The van der Waals surface area contributed by atoms with Crippen LogP contribution >= 0.6 is 11.6 Å². The van der Waals surface area contributed by atoms with E-state index in [9.17, 15) is 4.79 Å². The first-order chi connectivity index (χ1) is 9.10. The number of ether oxygens (including phenoxy) is 1. The Balaban J connectivity index is 2.19. The Labute approximate surface area is 117 Å². The average molecular weight is 276 g/mol. The third kappa shape index (κ3) is 3.32. The number of halogens is 1. The third-order valence-electron chi connectivity index (χ3n) is 2.73. The van der Waals surface area contributed by atoms with Crippen LogP contribution in [0.1, 0.15) is 29.9 Å². The molecule has 98 valence electrons. The van der Waals surface area contributed by atoms with E-state index in [2.05, 4.69) is 4.98 Å². The molecule has 2 aromatic rings. The average Bonchev–Trinajstić information content (AvgIpc) is 2.41. The van der Waals surface area contributed by atoms with Gasteiger partial charge in [0.05, 0.1) is 6.20 Å². The summed E-state index contributed by atoms with van der Waals surface area (Å²) in [6.45, 7) is 3.52. The molecule has 1 aromatic heterocycles. The Morgan fingerprint density at radius 2 is 2.00 bits per heavy atom. The van der Waals surface area contributed by atoms with Crippen LogP contribution in [0.2, 0.25) is 5.02 Å². The van der Waals surface area contributed by atoms with Gasteiger partial charge in [0, 0.05) is 11.9 Å². The van der Waals surface area contributed by atoms with E-state index in [0.29, 0.717) is 17.2 Å². The van der Waals surface area contributed by atoms with Crippen molar-refractivity contribution in [2.24, 2.45) is 0 Å². The highest BCUT2D eigenvalue weighted by molar-refractivity contribution is 6.31. The number of benzene rings is 1. The van der Waals surface area contributed by atoms with Gasteiger partial charge in [0.1, 0.15) is 17.2 Å². The molecule has 0 bridgehead atoms. The minimum Gasteiger partial charge on any atom is -0.456 e. The molecule has 19 heavy (non-hydrogen) atoms. The molecule has 0 fully saturated rings. The van der Waals surface area contributed by atoms with Gasteiger partial charge in [0.2, 0.25) is 0 Å². The molecule has 0 saturated heterocycles. The normalized spacial score (nSPS) is 10.3. The maximum atomic E-state index is 11.1. The van der Waals surface area contributed by atoms with Crippen LogP contribution < -0.4 is 4.74 Å². The Bertz CT molecular complexity index is 594. The van der Waals surface area contributed by atoms with Crippen molar-refractivity contribution in [3.63, 3.8) is 0 Å². The second-order valence-corrected chi connectivity index (χ2v) is 4.55. The molecule has 0 radical (unpaired) electrons. The summed E-state index contributed by atoms with van der Waals surface area (Å²) >= 11 is 6.05. The van der Waals surface area contributed by atoms with Gasteiger partial charge >= 0.3 is 0 Å². The van der Waals surface area contributed by atoms with E-state index in [1.165, 1.54) is 13.1 Å². The summed E-state index contributed by atoms with van der Waals surface area (Å²) in [7, 11) is 0. The molecule has 0 saturated carbocycles. The number of nitrogens with zero attached hydrogens (tertiary/aromatic N) is 1. The van der Waals surface area contributed by atoms with Crippen molar-refractivity contribution < 1.29 is 9.53 Å². The number of rotatable bonds is 4. The van der Waals surface area contributed by atoms with Gasteiger partial charge in [-0.2, -0.15) is 0 Å². The molecule has 0 aliphatic heterocycles. The molecule has 1 aromatic carbocycles. The van der Waals surface area contributed by atoms with Crippen molar-refractivity contribution >= 4 is 17.4 Å². The van der Waals surface area contributed by atoms with Crippen molar-refractivity contribution in [1.29, 1.82) is 0 Å². The van der Waals surface area contributed by atoms with Crippen LogP contribution in [0.15, 0.2) is 36.5 Å². The van der Waals surface area contributed by atoms with E-state index < -0.39 is 0 Å². The van der Waals surface area contributed by atoms with Gasteiger partial charge in [-0.15, -0.1) is 0 Å². The molecular weight excluding hydrogens is 262 g/mol. The van der Waals surface area contributed by atoms with Gasteiger partial charge in [0.25, 0.3) is 0 Å². The van der Waals surface area contributed by atoms with Crippen LogP contribution in [0.5, 0.6) is 11.5 Å². The molecule has 3 nitrogen and oxygen atoms in total. The summed E-state index contributed by atoms with van der Waals surface area (Å²) in [4.78, 5) is 15.2. The van der Waals surface area contributed by atoms with E-state index in [1.807, 2.05) is 19.1 Å². The lowest BCUT2D eigenvalue weighted by molar-refractivity contribution is 0.101. The van der Waals surface area contributed by atoms with Crippen molar-refractivity contribution in [3.05, 3.63) is 52.8 Å². The van der Waals surface area contributed by atoms with Crippen LogP contribution in [-0.2, 0) is 6.42 Å². The first-order valence-corrected chi connectivity index (χ1v) is 6.41. The van der Waals surface area contributed by atoms with Crippen LogP contribution in [0, 0.1) is 0 Å². The fraction of sp³-hybridized carbons (Fsp3) is 0.200. The smallest absolute Gasteiger partial charge is 0.178 e. The molecule has 0 N–H and O–H groups in total. The molecule has 0 atom stereocenters. The molecule has 0 spiro atoms. The molecule has 2 rings (SSSR count). The van der Waals surface area contributed by atoms with Crippen molar-refractivity contribution in [2.75, 3.05) is 0 Å². The molecule has 4 heteroatoms. The Hall–Kier alpha value is -1.87. The number of carbonyl (C=O) groups excluding carboxylic acids is 1. The van der Waals surface area contributed by atoms with Gasteiger partial charge in [-0.05, 0) is 42.3 Å². The summed E-state index contributed by atoms with van der Waals surface area (Å²) in [6.07, 6.45) is 2.38. The topological polar surface area (TPSA) is 39.2 Å². The molecular formula is C15H14ClNO2. The summed E-state index contributed by atoms with van der Waals surface area (Å²) in [5.74, 6) is 1.24. The van der Waals surface area contributed by atoms with Crippen molar-refractivity contribution in [3.8, 4) is 11.5 Å². The van der Waals surface area contributed by atoms with Gasteiger partial charge < -0.3 is 4.74 Å². The number of Topliss-reactive ketones (excluding diaryl/α,β-unsaturated/α-hetero) is 1. The second kappa shape index (κ2) is 5.85. The van der Waals surface area contributed by atoms with Gasteiger partial charge in [-0.25, -0.2) is 4.98 Å². The number of ketones is 1. The minimum absolute atomic E-state index is 0.0636. The highest BCUT2D eigenvalue weighted by Gasteiger charge is 2.04. The van der Waals surface area contributed by atoms with Crippen LogP contribution in [0.25, 0.3) is 0 Å². The standard InChI is InChI=1S/C15H14ClNO2/c1-3-11-8-12(4-6-14(11)16)19-13-5-7-15(10(2)18)17-9-13/h4-9H,3H2,1-2H3. The number of aryl methyl sites for hydroxylation is 1. The highest BCUT2D eigenvalue weighted by atomic mass is 35.5. The molecule has 0 unspecified atom stereocenters. The number of carbonyl (C=O) groups is 1. The molecule has 0 amide bonds. The zero-order chi connectivity index (χ0) is 13.8. The summed E-state index contributed by atoms with van der Waals surface area (Å²) in [5.41, 5.74) is 1.46. The van der Waals surface area contributed by atoms with Gasteiger partial charge in [-0.3, -0.25) is 4.79 Å². The Morgan fingerprint density at radius 3 is 2.58 bits per heavy atom. The van der Waals surface area contributed by atoms with E-state index in [4.69, 9.17) is 16.3 Å². The lowest BCUT2D eigenvalue weighted by Gasteiger charge is -2.08. The molecule has 0 aliphatic carbocycles. The fourth-order valence-corrected chi connectivity index (χ4v) is 1.92. The summed E-state index contributed by atoms with van der Waals surface area (Å²) in [5, 5.41) is 0.736. The largest absolute Gasteiger partial charge is 0.456 e. The van der Waals surface area contributed by atoms with Crippen molar-refractivity contribution in [1.82, 2.24) is 4.98 Å². The Kier molecular flexibility index (Phi) is 4.17. The second-order valence-electron chi connectivity index (χ2n) is 4.14. The van der Waals surface area contributed by atoms with Crippen LogP contribution in [0.3, 0.4) is 0 Å². The predicted octanol–water partition coefficient (Wildman–Crippen LogP) is 4.29. The van der Waals surface area contributed by atoms with E-state index in [-0.39, 0.29) is 5.78 Å². The lowest BCUT2D eigenvalue weighted by atomic mass is 10.1. The monoisotopic (exact) mass is 275 g/mol. The number of aromatic nitrogens is 1. The zero-order valence-electron chi connectivity index (χ0n) is 10.8. The highest BCUT2D eigenvalue weighted by Crippen LogP contribution is 2.26. The lowest BCUT2D eigenvalue weighted by Crippen LogP contribution is -1.96. The zero-order valence-corrected chi connectivity index (χ0v) is 11.6. The maximum Gasteiger partial charge on any atom is 0.178 e. The first kappa shape index (κ1) is 13.6. The maximum absolute atomic E-state index is 11.1. The Morgan fingerprint density at radius 1 is 1.26 bits per heavy atom. The van der Waals surface area contributed by atoms with Crippen molar-refractivity contribution in [2.45, 2.75) is 20.3 Å². The summed E-state index contributed by atoms with van der Waals surface area (Å²) in [6, 6.07) is 8.90. The predicted molar refractivity (Wildman–Crippen MR) is 75.1 cm³/mol. The van der Waals surface area contributed by atoms with Gasteiger partial charge in [-0.1, -0.05) is 18.5 Å². The quantitative estimate of drug-likeness (QED) is 0.781. The molecule has 1 heterocycles. The molecule has 0 aliphatic rings. The third-order valence-corrected chi connectivity index (χ3v) is 3.10.